The number of aldehydes is 1. The molecule has 1 aromatic rings. The fourth-order valence-electron chi connectivity index (χ4n) is 2.50. The molecule has 1 aliphatic heterocycles. The first-order chi connectivity index (χ1) is 9.90. The van der Waals surface area contributed by atoms with Crippen LogP contribution in [-0.4, -0.2) is 43.9 Å². The first-order valence-corrected chi connectivity index (χ1v) is 7.00. The second-order valence-corrected chi connectivity index (χ2v) is 5.45. The second kappa shape index (κ2) is 6.47. The summed E-state index contributed by atoms with van der Waals surface area (Å²) in [6, 6.07) is 5.28. The molecule has 6 heteroatoms. The molecule has 1 aromatic carbocycles. The highest BCUT2D eigenvalue weighted by molar-refractivity contribution is 5.53. The molecule has 21 heavy (non-hydrogen) atoms. The molecule has 0 unspecified atom stereocenters. The van der Waals surface area contributed by atoms with E-state index in [1.807, 2.05) is 6.92 Å². The molecule has 0 aromatic heterocycles. The Kier molecular flexibility index (Phi) is 4.88. The summed E-state index contributed by atoms with van der Waals surface area (Å²) in [5.41, 5.74) is 0.191. The smallest absolute Gasteiger partial charge is 0.369 e. The van der Waals surface area contributed by atoms with Crippen LogP contribution in [0.2, 0.25) is 0 Å². The molecule has 1 heterocycles. The van der Waals surface area contributed by atoms with Crippen molar-refractivity contribution in [2.75, 3.05) is 37.6 Å². The van der Waals surface area contributed by atoms with E-state index in [2.05, 4.69) is 9.80 Å². The summed E-state index contributed by atoms with van der Waals surface area (Å²) in [5, 5.41) is 0. The normalized spacial score (nSPS) is 18.6. The fraction of sp³-hybridized carbons (Fsp3) is 0.533. The van der Waals surface area contributed by atoms with Crippen LogP contribution in [0.4, 0.5) is 18.9 Å². The van der Waals surface area contributed by atoms with Crippen molar-refractivity contribution in [2.45, 2.75) is 13.1 Å². The van der Waals surface area contributed by atoms with E-state index in [4.69, 9.17) is 0 Å². The molecule has 1 atom stereocenters. The van der Waals surface area contributed by atoms with E-state index >= 15 is 0 Å². The summed E-state index contributed by atoms with van der Waals surface area (Å²) < 4.78 is 37.6. The molecule has 0 saturated carbocycles. The maximum atomic E-state index is 12.5. The maximum absolute atomic E-state index is 12.5. The maximum Gasteiger partial charge on any atom is 0.416 e. The van der Waals surface area contributed by atoms with Gasteiger partial charge in [-0.3, -0.25) is 4.90 Å². The molecule has 2 rings (SSSR count). The minimum Gasteiger partial charge on any atom is -0.369 e. The zero-order valence-electron chi connectivity index (χ0n) is 11.9. The number of benzene rings is 1. The summed E-state index contributed by atoms with van der Waals surface area (Å²) in [5.74, 6) is 0.0163. The SMILES string of the molecule is C[C@H](C=O)CN1CCN(c2ccc(C(F)(F)F)cc2)CC1. The third kappa shape index (κ3) is 4.20. The van der Waals surface area contributed by atoms with Gasteiger partial charge >= 0.3 is 6.18 Å². The summed E-state index contributed by atoms with van der Waals surface area (Å²) in [6.07, 6.45) is -3.34. The number of piperazine rings is 1. The molecule has 1 fully saturated rings. The molecule has 1 saturated heterocycles. The summed E-state index contributed by atoms with van der Waals surface area (Å²) in [6.45, 7) is 5.78. The second-order valence-electron chi connectivity index (χ2n) is 5.45. The Morgan fingerprint density at radius 1 is 1.14 bits per heavy atom. The van der Waals surface area contributed by atoms with Gasteiger partial charge in [-0.05, 0) is 24.3 Å². The molecule has 0 spiro atoms. The van der Waals surface area contributed by atoms with E-state index in [1.54, 1.807) is 0 Å². The van der Waals surface area contributed by atoms with Gasteiger partial charge in [0.1, 0.15) is 6.29 Å². The van der Waals surface area contributed by atoms with Crippen molar-refractivity contribution in [3.05, 3.63) is 29.8 Å². The van der Waals surface area contributed by atoms with Crippen molar-refractivity contribution in [3.63, 3.8) is 0 Å². The minimum atomic E-state index is -4.29. The number of carbonyl (C=O) groups excluding carboxylic acids is 1. The first kappa shape index (κ1) is 15.8. The van der Waals surface area contributed by atoms with Gasteiger partial charge in [-0.2, -0.15) is 13.2 Å². The highest BCUT2D eigenvalue weighted by Crippen LogP contribution is 2.30. The van der Waals surface area contributed by atoms with Crippen LogP contribution in [0.25, 0.3) is 0 Å². The molecule has 1 aliphatic rings. The Hall–Kier alpha value is -1.56. The Morgan fingerprint density at radius 2 is 1.71 bits per heavy atom. The largest absolute Gasteiger partial charge is 0.416 e. The number of hydrogen-bond acceptors (Lipinski definition) is 3. The van der Waals surface area contributed by atoms with Crippen molar-refractivity contribution in [1.29, 1.82) is 0 Å². The molecular formula is C15H19F3N2O. The van der Waals surface area contributed by atoms with E-state index < -0.39 is 11.7 Å². The van der Waals surface area contributed by atoms with Gasteiger partial charge in [0.15, 0.2) is 0 Å². The van der Waals surface area contributed by atoms with Crippen LogP contribution in [0, 0.1) is 5.92 Å². The zero-order valence-corrected chi connectivity index (χ0v) is 11.9. The lowest BCUT2D eigenvalue weighted by molar-refractivity contribution is -0.137. The van der Waals surface area contributed by atoms with Crippen molar-refractivity contribution >= 4 is 12.0 Å². The third-order valence-corrected chi connectivity index (χ3v) is 3.71. The number of alkyl halides is 3. The number of rotatable bonds is 4. The minimum absolute atomic E-state index is 0.0163. The van der Waals surface area contributed by atoms with Gasteiger partial charge in [0, 0.05) is 44.3 Å². The van der Waals surface area contributed by atoms with Crippen LogP contribution in [-0.2, 0) is 11.0 Å². The summed E-state index contributed by atoms with van der Waals surface area (Å²) in [7, 11) is 0. The molecule has 0 bridgehead atoms. The average Bonchev–Trinajstić information content (AvgIpc) is 2.47. The van der Waals surface area contributed by atoms with Gasteiger partial charge in [0.05, 0.1) is 5.56 Å². The topological polar surface area (TPSA) is 23.6 Å². The van der Waals surface area contributed by atoms with Crippen molar-refractivity contribution in [3.8, 4) is 0 Å². The lowest BCUT2D eigenvalue weighted by atomic mass is 10.1. The standard InChI is InChI=1S/C15H19F3N2O/c1-12(11-21)10-19-6-8-20(9-7-19)14-4-2-13(3-5-14)15(16,17)18/h2-5,11-12H,6-10H2,1H3/t12-/m0/s1. The van der Waals surface area contributed by atoms with Gasteiger partial charge in [-0.15, -0.1) is 0 Å². The van der Waals surface area contributed by atoms with Crippen LogP contribution >= 0.6 is 0 Å². The fourth-order valence-corrected chi connectivity index (χ4v) is 2.50. The van der Waals surface area contributed by atoms with E-state index in [-0.39, 0.29) is 5.92 Å². The molecule has 0 aliphatic carbocycles. The van der Waals surface area contributed by atoms with Crippen molar-refractivity contribution < 1.29 is 18.0 Å². The van der Waals surface area contributed by atoms with Crippen molar-refractivity contribution in [1.82, 2.24) is 4.90 Å². The quantitative estimate of drug-likeness (QED) is 0.799. The van der Waals surface area contributed by atoms with Crippen LogP contribution in [0.1, 0.15) is 12.5 Å². The van der Waals surface area contributed by atoms with Crippen LogP contribution in [0.5, 0.6) is 0 Å². The van der Waals surface area contributed by atoms with Crippen LogP contribution in [0.3, 0.4) is 0 Å². The van der Waals surface area contributed by atoms with Crippen LogP contribution < -0.4 is 4.90 Å². The number of nitrogens with zero attached hydrogens (tertiary/aromatic N) is 2. The van der Waals surface area contributed by atoms with E-state index in [0.29, 0.717) is 0 Å². The van der Waals surface area contributed by atoms with Gasteiger partial charge in [-0.1, -0.05) is 6.92 Å². The highest BCUT2D eigenvalue weighted by atomic mass is 19.4. The van der Waals surface area contributed by atoms with Gasteiger partial charge in [-0.25, -0.2) is 0 Å². The summed E-state index contributed by atoms with van der Waals surface area (Å²) in [4.78, 5) is 14.9. The van der Waals surface area contributed by atoms with Gasteiger partial charge in [0.2, 0.25) is 0 Å². The Morgan fingerprint density at radius 3 is 2.19 bits per heavy atom. The van der Waals surface area contributed by atoms with E-state index in [9.17, 15) is 18.0 Å². The Bertz CT molecular complexity index is 465. The monoisotopic (exact) mass is 300 g/mol. The first-order valence-electron chi connectivity index (χ1n) is 7.00. The molecule has 116 valence electrons. The predicted molar refractivity (Wildman–Crippen MR) is 75.3 cm³/mol. The van der Waals surface area contributed by atoms with E-state index in [1.165, 1.54) is 12.1 Å². The average molecular weight is 300 g/mol. The number of halogens is 3. The molecule has 0 N–H and O–H groups in total. The van der Waals surface area contributed by atoms with Crippen LogP contribution in [0.15, 0.2) is 24.3 Å². The predicted octanol–water partition coefficient (Wildman–Crippen LogP) is 2.66. The number of hydrogen-bond donors (Lipinski definition) is 0. The van der Waals surface area contributed by atoms with E-state index in [0.717, 1.165) is 56.8 Å². The van der Waals surface area contributed by atoms with Gasteiger partial charge < -0.3 is 9.69 Å². The number of carbonyl (C=O) groups is 1. The van der Waals surface area contributed by atoms with Crippen molar-refractivity contribution in [2.24, 2.45) is 5.92 Å². The highest BCUT2D eigenvalue weighted by Gasteiger charge is 2.30. The lowest BCUT2D eigenvalue weighted by Gasteiger charge is -2.36. The molecule has 0 amide bonds. The Labute approximate surface area is 122 Å². The third-order valence-electron chi connectivity index (χ3n) is 3.71. The molecule has 3 nitrogen and oxygen atoms in total. The summed E-state index contributed by atoms with van der Waals surface area (Å²) >= 11 is 0. The number of anilines is 1. The zero-order chi connectivity index (χ0) is 15.5. The lowest BCUT2D eigenvalue weighted by Crippen LogP contribution is -2.47. The molecule has 0 radical (unpaired) electrons. The van der Waals surface area contributed by atoms with Gasteiger partial charge in [0.25, 0.3) is 0 Å². The molecular weight excluding hydrogens is 281 g/mol. The Balaban J connectivity index is 1.92.